The van der Waals surface area contributed by atoms with Crippen molar-refractivity contribution < 1.29 is 24.2 Å². The van der Waals surface area contributed by atoms with E-state index in [0.717, 1.165) is 11.1 Å². The number of benzene rings is 2. The number of amides is 3. The molecule has 4 N–H and O–H groups in total. The van der Waals surface area contributed by atoms with Crippen LogP contribution in [0.2, 0.25) is 0 Å². The number of hydrogen-bond donors (Lipinski definition) is 4. The lowest BCUT2D eigenvalue weighted by Gasteiger charge is -2.37. The summed E-state index contributed by atoms with van der Waals surface area (Å²) < 4.78 is 12.1. The SMILES string of the molecule is O=C(C[C@@H]1C[C@@H]2c3cc(NC(=O)Nc4ccccc4)ccc3O[C@@H]2[C@H](CO)O1)NCc1ccncc1. The highest BCUT2D eigenvalue weighted by molar-refractivity contribution is 5.99. The molecule has 1 aromatic heterocycles. The number of pyridine rings is 1. The number of para-hydroxylation sites is 1. The number of carbonyl (C=O) groups excluding carboxylic acids is 2. The molecule has 3 amide bonds. The van der Waals surface area contributed by atoms with Gasteiger partial charge >= 0.3 is 6.03 Å². The number of anilines is 2. The van der Waals surface area contributed by atoms with Crippen LogP contribution in [-0.4, -0.2) is 46.9 Å². The van der Waals surface area contributed by atoms with Crippen LogP contribution in [0.15, 0.2) is 73.1 Å². The van der Waals surface area contributed by atoms with E-state index in [1.54, 1.807) is 18.5 Å². The average molecular weight is 489 g/mol. The second kappa shape index (κ2) is 10.8. The lowest BCUT2D eigenvalue weighted by atomic mass is 9.84. The fourth-order valence-corrected chi connectivity index (χ4v) is 4.76. The average Bonchev–Trinajstić information content (AvgIpc) is 3.26. The van der Waals surface area contributed by atoms with Gasteiger partial charge in [-0.25, -0.2) is 4.79 Å². The Morgan fingerprint density at radius 3 is 2.56 bits per heavy atom. The van der Waals surface area contributed by atoms with Crippen molar-refractivity contribution >= 4 is 23.3 Å². The van der Waals surface area contributed by atoms with Crippen molar-refractivity contribution in [1.29, 1.82) is 0 Å². The lowest BCUT2D eigenvalue weighted by molar-refractivity contribution is -0.142. The third-order valence-electron chi connectivity index (χ3n) is 6.44. The molecule has 1 saturated heterocycles. The van der Waals surface area contributed by atoms with Crippen LogP contribution in [-0.2, 0) is 16.1 Å². The lowest BCUT2D eigenvalue weighted by Crippen LogP contribution is -2.47. The van der Waals surface area contributed by atoms with E-state index < -0.39 is 6.10 Å². The summed E-state index contributed by atoms with van der Waals surface area (Å²) in [6.07, 6.45) is 2.84. The smallest absolute Gasteiger partial charge is 0.323 e. The van der Waals surface area contributed by atoms with Crippen molar-refractivity contribution in [2.24, 2.45) is 0 Å². The van der Waals surface area contributed by atoms with Crippen LogP contribution in [0, 0.1) is 0 Å². The van der Waals surface area contributed by atoms with Gasteiger partial charge in [0, 0.05) is 41.8 Å². The monoisotopic (exact) mass is 488 g/mol. The van der Waals surface area contributed by atoms with Crippen LogP contribution in [0.1, 0.15) is 29.9 Å². The molecule has 0 aliphatic carbocycles. The zero-order valence-corrected chi connectivity index (χ0v) is 19.6. The van der Waals surface area contributed by atoms with Gasteiger partial charge in [-0.1, -0.05) is 18.2 Å². The summed E-state index contributed by atoms with van der Waals surface area (Å²) in [5.74, 6) is 0.505. The van der Waals surface area contributed by atoms with Crippen molar-refractivity contribution in [2.45, 2.75) is 43.6 Å². The van der Waals surface area contributed by atoms with Crippen LogP contribution in [0.25, 0.3) is 0 Å². The number of ether oxygens (including phenoxy) is 2. The molecule has 2 aliphatic rings. The fourth-order valence-electron chi connectivity index (χ4n) is 4.76. The summed E-state index contributed by atoms with van der Waals surface area (Å²) in [6.45, 7) is 0.199. The third-order valence-corrected chi connectivity index (χ3v) is 6.44. The van der Waals surface area contributed by atoms with Crippen LogP contribution < -0.4 is 20.7 Å². The molecule has 186 valence electrons. The predicted octanol–water partition coefficient (Wildman–Crippen LogP) is 3.43. The van der Waals surface area contributed by atoms with Gasteiger partial charge in [-0.15, -0.1) is 0 Å². The van der Waals surface area contributed by atoms with Crippen molar-refractivity contribution in [3.8, 4) is 5.75 Å². The molecule has 2 aromatic carbocycles. The van der Waals surface area contributed by atoms with Crippen molar-refractivity contribution in [2.75, 3.05) is 17.2 Å². The molecular formula is C27H28N4O5. The number of aliphatic hydroxyl groups is 1. The van der Waals surface area contributed by atoms with Crippen LogP contribution in [0.5, 0.6) is 5.75 Å². The van der Waals surface area contributed by atoms with E-state index in [-0.39, 0.29) is 43.1 Å². The number of aliphatic hydroxyl groups excluding tert-OH is 1. The number of fused-ring (bicyclic) bond motifs is 3. The third kappa shape index (κ3) is 5.48. The highest BCUT2D eigenvalue weighted by Crippen LogP contribution is 2.47. The number of aromatic nitrogens is 1. The largest absolute Gasteiger partial charge is 0.487 e. The van der Waals surface area contributed by atoms with Crippen molar-refractivity contribution in [3.05, 3.63) is 84.2 Å². The first kappa shape index (κ1) is 23.8. The molecular weight excluding hydrogens is 460 g/mol. The number of carbonyl (C=O) groups is 2. The number of nitrogens with one attached hydrogen (secondary N) is 3. The zero-order valence-electron chi connectivity index (χ0n) is 19.6. The summed E-state index contributed by atoms with van der Waals surface area (Å²) in [4.78, 5) is 29.0. The molecule has 0 radical (unpaired) electrons. The van der Waals surface area contributed by atoms with Crippen molar-refractivity contribution in [3.63, 3.8) is 0 Å². The number of urea groups is 1. The molecule has 2 aliphatic heterocycles. The van der Waals surface area contributed by atoms with Gasteiger partial charge in [0.2, 0.25) is 5.91 Å². The van der Waals surface area contributed by atoms with Crippen LogP contribution in [0.3, 0.4) is 0 Å². The maximum atomic E-state index is 12.6. The summed E-state index contributed by atoms with van der Waals surface area (Å²) >= 11 is 0. The molecule has 0 spiro atoms. The molecule has 36 heavy (non-hydrogen) atoms. The summed E-state index contributed by atoms with van der Waals surface area (Å²) in [5.41, 5.74) is 3.22. The Bertz CT molecular complexity index is 1210. The Morgan fingerprint density at radius 1 is 1.00 bits per heavy atom. The molecule has 0 unspecified atom stereocenters. The molecule has 3 heterocycles. The normalized spacial score (nSPS) is 22.0. The summed E-state index contributed by atoms with van der Waals surface area (Å²) in [6, 6.07) is 18.0. The molecule has 9 nitrogen and oxygen atoms in total. The number of rotatable bonds is 7. The first-order valence-corrected chi connectivity index (χ1v) is 11.9. The Morgan fingerprint density at radius 2 is 1.78 bits per heavy atom. The van der Waals surface area contributed by atoms with Gasteiger partial charge in [-0.2, -0.15) is 0 Å². The number of hydrogen-bond acceptors (Lipinski definition) is 6. The Hall–Kier alpha value is -3.95. The van der Waals surface area contributed by atoms with E-state index >= 15 is 0 Å². The van der Waals surface area contributed by atoms with Crippen LogP contribution in [0.4, 0.5) is 16.2 Å². The molecule has 1 fully saturated rings. The van der Waals surface area contributed by atoms with Gasteiger partial charge in [-0.3, -0.25) is 9.78 Å². The Balaban J connectivity index is 1.24. The first-order valence-electron chi connectivity index (χ1n) is 11.9. The topological polar surface area (TPSA) is 122 Å². The Labute approximate surface area is 208 Å². The summed E-state index contributed by atoms with van der Waals surface area (Å²) in [7, 11) is 0. The maximum Gasteiger partial charge on any atom is 0.323 e. The second-order valence-electron chi connectivity index (χ2n) is 8.94. The minimum Gasteiger partial charge on any atom is -0.487 e. The minimum absolute atomic E-state index is 0.0668. The van der Waals surface area contributed by atoms with Crippen LogP contribution >= 0.6 is 0 Å². The maximum absolute atomic E-state index is 12.6. The van der Waals surface area contributed by atoms with Gasteiger partial charge in [0.15, 0.2) is 0 Å². The van der Waals surface area contributed by atoms with E-state index in [0.29, 0.717) is 30.1 Å². The molecule has 0 saturated carbocycles. The predicted molar refractivity (Wildman–Crippen MR) is 134 cm³/mol. The van der Waals surface area contributed by atoms with E-state index in [1.807, 2.05) is 54.6 Å². The second-order valence-corrected chi connectivity index (χ2v) is 8.94. The molecule has 3 aromatic rings. The molecule has 9 heteroatoms. The number of nitrogens with zero attached hydrogens (tertiary/aromatic N) is 1. The van der Waals surface area contributed by atoms with Gasteiger partial charge in [-0.05, 0) is 54.4 Å². The van der Waals surface area contributed by atoms with E-state index in [2.05, 4.69) is 20.9 Å². The highest BCUT2D eigenvalue weighted by Gasteiger charge is 2.46. The van der Waals surface area contributed by atoms with E-state index in [9.17, 15) is 14.7 Å². The Kier molecular flexibility index (Phi) is 7.11. The fraction of sp³-hybridized carbons (Fsp3) is 0.296. The highest BCUT2D eigenvalue weighted by atomic mass is 16.6. The van der Waals surface area contributed by atoms with Gasteiger partial charge in [0.05, 0.1) is 19.1 Å². The van der Waals surface area contributed by atoms with Gasteiger partial charge in [0.1, 0.15) is 18.0 Å². The zero-order chi connectivity index (χ0) is 24.9. The first-order chi connectivity index (χ1) is 17.6. The van der Waals surface area contributed by atoms with E-state index in [4.69, 9.17) is 9.47 Å². The molecule has 5 rings (SSSR count). The van der Waals surface area contributed by atoms with E-state index in [1.165, 1.54) is 0 Å². The molecule has 4 atom stereocenters. The molecule has 0 bridgehead atoms. The quantitative estimate of drug-likeness (QED) is 0.404. The van der Waals surface area contributed by atoms with Gasteiger partial charge < -0.3 is 30.5 Å². The minimum atomic E-state index is -0.549. The van der Waals surface area contributed by atoms with Gasteiger partial charge in [0.25, 0.3) is 0 Å². The standard InChI is InChI=1S/C27H28N4O5/c32-16-24-26-22(13-20(35-24)14-25(33)29-15-17-8-10-28-11-9-17)21-12-19(6-7-23(21)36-26)31-27(34)30-18-4-2-1-3-5-18/h1-12,20,22,24,26,32H,13-16H2,(H,29,33)(H2,30,31,34)/t20-,22+,24-,26-/m0/s1. The summed E-state index contributed by atoms with van der Waals surface area (Å²) in [5, 5.41) is 18.5. The van der Waals surface area contributed by atoms with Crippen molar-refractivity contribution in [1.82, 2.24) is 10.3 Å².